The summed E-state index contributed by atoms with van der Waals surface area (Å²) in [4.78, 5) is 27.0. The van der Waals surface area contributed by atoms with Gasteiger partial charge in [0.05, 0.1) is 24.3 Å². The molecule has 154 valence electrons. The van der Waals surface area contributed by atoms with E-state index in [1.54, 1.807) is 47.4 Å². The normalized spacial score (nSPS) is 14.0. The second kappa shape index (κ2) is 9.89. The summed E-state index contributed by atoms with van der Waals surface area (Å²) in [6.45, 7) is 7.01. The molecule has 0 unspecified atom stereocenters. The van der Waals surface area contributed by atoms with Crippen LogP contribution < -0.4 is 10.1 Å². The molecule has 1 heterocycles. The van der Waals surface area contributed by atoms with E-state index < -0.39 is 0 Å². The van der Waals surface area contributed by atoms with E-state index in [-0.39, 0.29) is 11.8 Å². The lowest BCUT2D eigenvalue weighted by atomic mass is 10.1. The van der Waals surface area contributed by atoms with Gasteiger partial charge in [0.25, 0.3) is 11.8 Å². The Morgan fingerprint density at radius 1 is 1.14 bits per heavy atom. The highest BCUT2D eigenvalue weighted by molar-refractivity contribution is 9.10. The number of nitrogens with zero attached hydrogens (tertiary/aromatic N) is 1. The van der Waals surface area contributed by atoms with Crippen LogP contribution in [0.5, 0.6) is 5.75 Å². The number of ether oxygens (including phenoxy) is 2. The van der Waals surface area contributed by atoms with Crippen molar-refractivity contribution in [1.29, 1.82) is 0 Å². The summed E-state index contributed by atoms with van der Waals surface area (Å²) in [5, 5.41) is 2.86. The Morgan fingerprint density at radius 3 is 2.59 bits per heavy atom. The van der Waals surface area contributed by atoms with Crippen molar-refractivity contribution in [2.24, 2.45) is 5.92 Å². The van der Waals surface area contributed by atoms with E-state index in [1.807, 2.05) is 0 Å². The van der Waals surface area contributed by atoms with Gasteiger partial charge in [-0.1, -0.05) is 19.9 Å². The minimum absolute atomic E-state index is 0.0567. The summed E-state index contributed by atoms with van der Waals surface area (Å²) in [6.07, 6.45) is 0. The van der Waals surface area contributed by atoms with Crippen LogP contribution in [0.25, 0.3) is 0 Å². The third-order valence-corrected chi connectivity index (χ3v) is 5.05. The molecule has 2 amide bonds. The molecule has 1 aliphatic rings. The average molecular weight is 461 g/mol. The molecule has 1 fully saturated rings. The number of nitrogens with one attached hydrogen (secondary N) is 1. The maximum absolute atomic E-state index is 12.6. The molecule has 1 N–H and O–H groups in total. The summed E-state index contributed by atoms with van der Waals surface area (Å²) < 4.78 is 11.7. The molecule has 0 atom stereocenters. The van der Waals surface area contributed by atoms with Crippen LogP contribution in [-0.2, 0) is 4.74 Å². The van der Waals surface area contributed by atoms with E-state index in [2.05, 4.69) is 35.1 Å². The van der Waals surface area contributed by atoms with Crippen molar-refractivity contribution in [3.05, 3.63) is 58.1 Å². The molecule has 6 nitrogen and oxygen atoms in total. The van der Waals surface area contributed by atoms with E-state index in [0.717, 1.165) is 4.47 Å². The summed E-state index contributed by atoms with van der Waals surface area (Å²) in [6, 6.07) is 12.2. The lowest BCUT2D eigenvalue weighted by molar-refractivity contribution is 0.0303. The van der Waals surface area contributed by atoms with Crippen LogP contribution in [0, 0.1) is 5.92 Å². The summed E-state index contributed by atoms with van der Waals surface area (Å²) >= 11 is 3.46. The molecule has 0 saturated carbocycles. The Bertz CT molecular complexity index is 879. The Hall–Kier alpha value is -2.38. The van der Waals surface area contributed by atoms with Crippen LogP contribution in [0.3, 0.4) is 0 Å². The van der Waals surface area contributed by atoms with Gasteiger partial charge < -0.3 is 19.7 Å². The molecule has 0 spiro atoms. The molecule has 2 aromatic carbocycles. The second-order valence-corrected chi connectivity index (χ2v) is 8.14. The fourth-order valence-electron chi connectivity index (χ4n) is 2.90. The molecule has 0 bridgehead atoms. The fraction of sp³-hybridized carbons (Fsp3) is 0.364. The standard InChI is InChI=1S/C22H25BrN2O4/c1-15(2)14-29-20-7-6-16(13-19(20)23)21(26)24-18-5-3-4-17(12-18)22(27)25-8-10-28-11-9-25/h3-7,12-13,15H,8-11,14H2,1-2H3,(H,24,26). The second-order valence-electron chi connectivity index (χ2n) is 7.29. The highest BCUT2D eigenvalue weighted by Crippen LogP contribution is 2.27. The van der Waals surface area contributed by atoms with Gasteiger partial charge in [0.1, 0.15) is 5.75 Å². The van der Waals surface area contributed by atoms with Gasteiger partial charge in [-0.15, -0.1) is 0 Å². The van der Waals surface area contributed by atoms with E-state index >= 15 is 0 Å². The fourth-order valence-corrected chi connectivity index (χ4v) is 3.39. The zero-order valence-electron chi connectivity index (χ0n) is 16.6. The van der Waals surface area contributed by atoms with Gasteiger partial charge in [0.15, 0.2) is 0 Å². The molecule has 1 saturated heterocycles. The SMILES string of the molecule is CC(C)COc1ccc(C(=O)Nc2cccc(C(=O)N3CCOCC3)c2)cc1Br. The first-order chi connectivity index (χ1) is 13.9. The van der Waals surface area contributed by atoms with E-state index in [4.69, 9.17) is 9.47 Å². The van der Waals surface area contributed by atoms with E-state index in [0.29, 0.717) is 61.4 Å². The number of carbonyl (C=O) groups excluding carboxylic acids is 2. The van der Waals surface area contributed by atoms with Crippen LogP contribution in [0.1, 0.15) is 34.6 Å². The molecule has 0 aromatic heterocycles. The smallest absolute Gasteiger partial charge is 0.255 e. The molecular weight excluding hydrogens is 436 g/mol. The Labute approximate surface area is 179 Å². The van der Waals surface area contributed by atoms with Crippen molar-refractivity contribution in [2.45, 2.75) is 13.8 Å². The number of halogens is 1. The summed E-state index contributed by atoms with van der Waals surface area (Å²) in [5.74, 6) is 0.807. The lowest BCUT2D eigenvalue weighted by Crippen LogP contribution is -2.40. The third kappa shape index (κ3) is 5.81. The molecule has 7 heteroatoms. The summed E-state index contributed by atoms with van der Waals surface area (Å²) in [7, 11) is 0. The van der Waals surface area contributed by atoms with Crippen molar-refractivity contribution in [3.63, 3.8) is 0 Å². The predicted molar refractivity (Wildman–Crippen MR) is 116 cm³/mol. The number of hydrogen-bond acceptors (Lipinski definition) is 4. The first-order valence-corrected chi connectivity index (χ1v) is 10.4. The highest BCUT2D eigenvalue weighted by atomic mass is 79.9. The first-order valence-electron chi connectivity index (χ1n) is 9.65. The molecule has 1 aliphatic heterocycles. The van der Waals surface area contributed by atoms with Gasteiger partial charge in [-0.3, -0.25) is 9.59 Å². The monoisotopic (exact) mass is 460 g/mol. The maximum atomic E-state index is 12.6. The van der Waals surface area contributed by atoms with Gasteiger partial charge in [-0.05, 0) is 58.2 Å². The van der Waals surface area contributed by atoms with Crippen LogP contribution in [0.2, 0.25) is 0 Å². The van der Waals surface area contributed by atoms with Gasteiger partial charge in [0.2, 0.25) is 0 Å². The molecule has 29 heavy (non-hydrogen) atoms. The van der Waals surface area contributed by atoms with Crippen LogP contribution in [0.4, 0.5) is 5.69 Å². The zero-order chi connectivity index (χ0) is 20.8. The summed E-state index contributed by atoms with van der Waals surface area (Å²) in [5.41, 5.74) is 1.62. The number of rotatable bonds is 6. The van der Waals surface area contributed by atoms with Crippen molar-refractivity contribution in [2.75, 3.05) is 38.2 Å². The zero-order valence-corrected chi connectivity index (χ0v) is 18.2. The quantitative estimate of drug-likeness (QED) is 0.700. The number of hydrogen-bond donors (Lipinski definition) is 1. The topological polar surface area (TPSA) is 67.9 Å². The van der Waals surface area contributed by atoms with Crippen molar-refractivity contribution >= 4 is 33.4 Å². The van der Waals surface area contributed by atoms with Crippen molar-refractivity contribution in [1.82, 2.24) is 4.90 Å². The lowest BCUT2D eigenvalue weighted by Gasteiger charge is -2.27. The van der Waals surface area contributed by atoms with Gasteiger partial charge in [-0.25, -0.2) is 0 Å². The third-order valence-electron chi connectivity index (χ3n) is 4.43. The molecule has 0 aliphatic carbocycles. The van der Waals surface area contributed by atoms with Gasteiger partial charge in [-0.2, -0.15) is 0 Å². The van der Waals surface area contributed by atoms with Crippen LogP contribution >= 0.6 is 15.9 Å². The average Bonchev–Trinajstić information content (AvgIpc) is 2.73. The number of amides is 2. The first kappa shape index (κ1) is 21.3. The predicted octanol–water partition coefficient (Wildman–Crippen LogP) is 4.21. The van der Waals surface area contributed by atoms with Crippen molar-refractivity contribution < 1.29 is 19.1 Å². The Kier molecular flexibility index (Phi) is 7.28. The number of benzene rings is 2. The molecular formula is C22H25BrN2O4. The Balaban J connectivity index is 1.67. The Morgan fingerprint density at radius 2 is 1.90 bits per heavy atom. The molecule has 3 rings (SSSR count). The van der Waals surface area contributed by atoms with Crippen LogP contribution in [0.15, 0.2) is 46.9 Å². The molecule has 0 radical (unpaired) electrons. The van der Waals surface area contributed by atoms with Crippen LogP contribution in [-0.4, -0.2) is 49.6 Å². The number of carbonyl (C=O) groups is 2. The maximum Gasteiger partial charge on any atom is 0.255 e. The number of anilines is 1. The van der Waals surface area contributed by atoms with Crippen molar-refractivity contribution in [3.8, 4) is 5.75 Å². The van der Waals surface area contributed by atoms with Gasteiger partial charge >= 0.3 is 0 Å². The van der Waals surface area contributed by atoms with Gasteiger partial charge in [0, 0.05) is 29.9 Å². The minimum atomic E-state index is -0.253. The minimum Gasteiger partial charge on any atom is -0.492 e. The number of morpholine rings is 1. The molecule has 2 aromatic rings. The van der Waals surface area contributed by atoms with E-state index in [1.165, 1.54) is 0 Å². The highest BCUT2D eigenvalue weighted by Gasteiger charge is 2.19. The van der Waals surface area contributed by atoms with E-state index in [9.17, 15) is 9.59 Å². The largest absolute Gasteiger partial charge is 0.492 e.